The molecule has 0 saturated heterocycles. The van der Waals surface area contributed by atoms with Gasteiger partial charge in [-0.25, -0.2) is 9.59 Å². The van der Waals surface area contributed by atoms with E-state index in [1.165, 1.54) is 12.1 Å². The lowest BCUT2D eigenvalue weighted by atomic mass is 10.1. The van der Waals surface area contributed by atoms with Gasteiger partial charge in [-0.1, -0.05) is 5.04 Å². The van der Waals surface area contributed by atoms with Crippen molar-refractivity contribution in [2.75, 3.05) is 0 Å². The van der Waals surface area contributed by atoms with Crippen LogP contribution in [0.1, 0.15) is 11.1 Å². The fourth-order valence-corrected chi connectivity index (χ4v) is 1.36. The van der Waals surface area contributed by atoms with Gasteiger partial charge < -0.3 is 4.21 Å². The molecule has 0 amide bonds. The molecule has 1 aromatic rings. The number of nitrogens with zero attached hydrogens (tertiary/aromatic N) is 3. The van der Waals surface area contributed by atoms with E-state index in [1.54, 1.807) is 13.8 Å². The Balaban J connectivity index is 3.32. The summed E-state index contributed by atoms with van der Waals surface area (Å²) in [5.41, 5.74) is 1.14. The van der Waals surface area contributed by atoms with E-state index in [2.05, 4.69) is 18.6 Å². The lowest BCUT2D eigenvalue weighted by Gasteiger charge is -1.99. The Kier molecular flexibility index (Phi) is 4.89. The summed E-state index contributed by atoms with van der Waals surface area (Å²) < 4.78 is 17.6. The van der Waals surface area contributed by atoms with Crippen molar-refractivity contribution in [3.05, 3.63) is 33.4 Å². The molecule has 0 atom stereocenters. The minimum atomic E-state index is -2.39. The molecular formula is C8H9N3O6S. The maximum Gasteiger partial charge on any atom is 0.302 e. The van der Waals surface area contributed by atoms with Crippen molar-refractivity contribution in [3.63, 3.8) is 0 Å². The highest BCUT2D eigenvalue weighted by atomic mass is 32.2. The van der Waals surface area contributed by atoms with Crippen molar-refractivity contribution in [3.8, 4) is 0 Å². The zero-order chi connectivity index (χ0) is 13.7. The van der Waals surface area contributed by atoms with Gasteiger partial charge in [-0.2, -0.15) is 0 Å². The van der Waals surface area contributed by atoms with Gasteiger partial charge in [-0.3, -0.25) is 10.1 Å². The average Bonchev–Trinajstić information content (AvgIpc) is 2.30. The van der Waals surface area contributed by atoms with Crippen LogP contribution in [0.4, 0.5) is 11.4 Å². The van der Waals surface area contributed by atoms with Crippen molar-refractivity contribution in [2.24, 2.45) is 5.11 Å². The number of benzene rings is 1. The predicted molar refractivity (Wildman–Crippen MR) is 59.6 cm³/mol. The SMILES string of the molecule is Cc1cc(N=[N+]=[S-](=O)OOO)c([N+](=O)[O-])cc1C. The Hall–Kier alpha value is -1.84. The Bertz CT molecular complexity index is 589. The summed E-state index contributed by atoms with van der Waals surface area (Å²) in [5, 5.41) is 25.2. The molecule has 0 bridgehead atoms. The van der Waals surface area contributed by atoms with Crippen molar-refractivity contribution < 1.29 is 23.8 Å². The van der Waals surface area contributed by atoms with Crippen LogP contribution in [0, 0.1) is 24.0 Å². The highest BCUT2D eigenvalue weighted by Gasteiger charge is 2.17. The molecule has 18 heavy (non-hydrogen) atoms. The summed E-state index contributed by atoms with van der Waals surface area (Å²) in [5.74, 6) is 0. The molecule has 0 radical (unpaired) electrons. The van der Waals surface area contributed by atoms with Crippen LogP contribution in [-0.4, -0.2) is 10.2 Å². The van der Waals surface area contributed by atoms with Gasteiger partial charge in [0, 0.05) is 6.07 Å². The van der Waals surface area contributed by atoms with Crippen LogP contribution in [0.25, 0.3) is 0 Å². The largest absolute Gasteiger partial charge is 0.349 e. The fraction of sp³-hybridized carbons (Fsp3) is 0.250. The molecule has 1 rings (SSSR count). The highest BCUT2D eigenvalue weighted by Crippen LogP contribution is 2.29. The van der Waals surface area contributed by atoms with E-state index in [9.17, 15) is 14.3 Å². The van der Waals surface area contributed by atoms with E-state index >= 15 is 0 Å². The maximum atomic E-state index is 10.8. The molecule has 0 fully saturated rings. The van der Waals surface area contributed by atoms with Crippen LogP contribution in [0.15, 0.2) is 17.2 Å². The van der Waals surface area contributed by atoms with Gasteiger partial charge in [-0.05, 0) is 35.2 Å². The van der Waals surface area contributed by atoms with Crippen molar-refractivity contribution in [1.29, 1.82) is 0 Å². The van der Waals surface area contributed by atoms with Gasteiger partial charge in [-0.15, -0.1) is 0 Å². The Morgan fingerprint density at radius 1 is 1.44 bits per heavy atom. The highest BCUT2D eigenvalue weighted by molar-refractivity contribution is 7.68. The van der Waals surface area contributed by atoms with Crippen molar-refractivity contribution >= 4 is 22.3 Å². The minimum Gasteiger partial charge on any atom is -0.349 e. The number of nitro groups is 1. The smallest absolute Gasteiger partial charge is 0.302 e. The first-order valence-corrected chi connectivity index (χ1v) is 5.56. The maximum absolute atomic E-state index is 10.8. The van der Waals surface area contributed by atoms with Crippen LogP contribution in [-0.2, 0) is 24.5 Å². The average molecular weight is 275 g/mol. The molecule has 0 aliphatic carbocycles. The predicted octanol–water partition coefficient (Wildman–Crippen LogP) is 1.85. The van der Waals surface area contributed by atoms with Crippen LogP contribution >= 0.6 is 0 Å². The summed E-state index contributed by atoms with van der Waals surface area (Å²) in [6.07, 6.45) is 0. The normalized spacial score (nSPS) is 10.2. The first-order chi connectivity index (χ1) is 8.45. The standard InChI is InChI=1S/C8H9N3O6S/c1-5-3-7(9-10-18(15)17-16-14)8(11(12)13)4-6(5)2/h3-4,14H,1-2H3. The summed E-state index contributed by atoms with van der Waals surface area (Å²) in [6.45, 7) is 3.45. The van der Waals surface area contributed by atoms with Crippen molar-refractivity contribution in [2.45, 2.75) is 13.8 Å². The van der Waals surface area contributed by atoms with Gasteiger partial charge >= 0.3 is 5.69 Å². The van der Waals surface area contributed by atoms with Gasteiger partial charge in [0.2, 0.25) is 5.69 Å². The van der Waals surface area contributed by atoms with Gasteiger partial charge in [0.25, 0.3) is 10.9 Å². The van der Waals surface area contributed by atoms with Crippen LogP contribution in [0.5, 0.6) is 0 Å². The number of hydrogen-bond donors (Lipinski definition) is 1. The quantitative estimate of drug-likeness (QED) is 0.223. The number of rotatable bonds is 4. The zero-order valence-corrected chi connectivity index (χ0v) is 10.2. The third-order valence-corrected chi connectivity index (χ3v) is 2.48. The molecule has 0 saturated carbocycles. The van der Waals surface area contributed by atoms with E-state index in [0.717, 1.165) is 11.1 Å². The van der Waals surface area contributed by atoms with E-state index < -0.39 is 15.8 Å². The van der Waals surface area contributed by atoms with E-state index in [-0.39, 0.29) is 11.4 Å². The molecule has 10 heteroatoms. The second-order valence-corrected chi connectivity index (χ2v) is 3.96. The molecule has 0 heterocycles. The first kappa shape index (κ1) is 14.2. The Morgan fingerprint density at radius 3 is 2.61 bits per heavy atom. The van der Waals surface area contributed by atoms with E-state index in [4.69, 9.17) is 5.26 Å². The van der Waals surface area contributed by atoms with Crippen LogP contribution in [0.3, 0.4) is 0 Å². The molecule has 98 valence electrons. The lowest BCUT2D eigenvalue weighted by molar-refractivity contribution is -0.434. The molecule has 1 aromatic carbocycles. The Labute approximate surface area is 103 Å². The van der Waals surface area contributed by atoms with E-state index in [1.807, 2.05) is 0 Å². The van der Waals surface area contributed by atoms with Crippen molar-refractivity contribution in [1.82, 2.24) is 4.16 Å². The van der Waals surface area contributed by atoms with Gasteiger partial charge in [0.05, 0.1) is 4.92 Å². The monoisotopic (exact) mass is 275 g/mol. The van der Waals surface area contributed by atoms with Crippen LogP contribution < -0.4 is 4.16 Å². The molecule has 0 aliphatic heterocycles. The first-order valence-electron chi connectivity index (χ1n) is 4.53. The summed E-state index contributed by atoms with van der Waals surface area (Å²) in [6, 6.07) is 2.75. The van der Waals surface area contributed by atoms with Crippen LogP contribution in [0.2, 0.25) is 0 Å². The lowest BCUT2D eigenvalue weighted by Crippen LogP contribution is -1.92. The third-order valence-electron chi connectivity index (χ3n) is 2.09. The summed E-state index contributed by atoms with van der Waals surface area (Å²) in [7, 11) is -2.39. The topological polar surface area (TPSA) is 125 Å². The summed E-state index contributed by atoms with van der Waals surface area (Å²) in [4.78, 5) is 10.2. The third kappa shape index (κ3) is 3.58. The minimum absolute atomic E-state index is 0.0713. The second kappa shape index (κ2) is 6.19. The number of hydrogen-bond acceptors (Lipinski definition) is 8. The number of nitro benzene ring substituents is 1. The molecule has 0 unspecified atom stereocenters. The Morgan fingerprint density at radius 2 is 2.06 bits per heavy atom. The number of aryl methyl sites for hydroxylation is 2. The van der Waals surface area contributed by atoms with E-state index in [0.29, 0.717) is 0 Å². The molecule has 0 spiro atoms. The fourth-order valence-electron chi connectivity index (χ4n) is 1.13. The molecule has 0 aromatic heterocycles. The summed E-state index contributed by atoms with van der Waals surface area (Å²) >= 11 is 0. The zero-order valence-electron chi connectivity index (χ0n) is 9.39. The molecule has 0 aliphatic rings. The second-order valence-electron chi connectivity index (χ2n) is 3.22. The van der Waals surface area contributed by atoms with Gasteiger partial charge in [0.15, 0.2) is 0 Å². The molecule has 9 nitrogen and oxygen atoms in total. The molecule has 1 N–H and O–H groups in total. The van der Waals surface area contributed by atoms with Gasteiger partial charge in [0.1, 0.15) is 5.11 Å². The molecular weight excluding hydrogens is 266 g/mol.